The molecule has 0 rings (SSSR count). The highest BCUT2D eigenvalue weighted by Gasteiger charge is 1.68. The van der Waals surface area contributed by atoms with E-state index in [0.717, 1.165) is 5.71 Å². The Kier molecular flexibility index (Phi) is 5.81. The van der Waals surface area contributed by atoms with Crippen molar-refractivity contribution in [2.24, 2.45) is 9.98 Å². The molecule has 0 N–H and O–H groups in total. The third-order valence-corrected chi connectivity index (χ3v) is 0.863. The quantitative estimate of drug-likeness (QED) is 0.519. The van der Waals surface area contributed by atoms with Crippen LogP contribution in [0.3, 0.4) is 0 Å². The minimum Gasteiger partial charge on any atom is -0.265 e. The highest BCUT2D eigenvalue weighted by Crippen LogP contribution is 1.80. The summed E-state index contributed by atoms with van der Waals surface area (Å²) < 4.78 is 1.69. The predicted octanol–water partition coefficient (Wildman–Crippen LogP) is 2.40. The molecule has 0 aliphatic rings. The van der Waals surface area contributed by atoms with Crippen molar-refractivity contribution in [2.45, 2.75) is 13.8 Å². The van der Waals surface area contributed by atoms with Crippen molar-refractivity contribution in [3.63, 3.8) is 0 Å². The second-order valence-electron chi connectivity index (χ2n) is 1.62. The van der Waals surface area contributed by atoms with Gasteiger partial charge in [0.15, 0.2) is 0 Å². The molecule has 0 aromatic heterocycles. The van der Waals surface area contributed by atoms with E-state index >= 15 is 0 Å². The monoisotopic (exact) mass is 236 g/mol. The Labute approximate surface area is 68.9 Å². The van der Waals surface area contributed by atoms with E-state index in [1.165, 1.54) is 0 Å². The first kappa shape index (κ1) is 8.81. The van der Waals surface area contributed by atoms with Gasteiger partial charge in [0.2, 0.25) is 0 Å². The van der Waals surface area contributed by atoms with Crippen LogP contribution in [0, 0.1) is 0 Å². The van der Waals surface area contributed by atoms with Gasteiger partial charge in [-0.05, 0) is 36.4 Å². The summed E-state index contributed by atoms with van der Waals surface area (Å²) in [7, 11) is 0. The van der Waals surface area contributed by atoms with E-state index in [-0.39, 0.29) is 0 Å². The lowest BCUT2D eigenvalue weighted by molar-refractivity contribution is 1.45. The topological polar surface area (TPSA) is 24.7 Å². The number of hydrogen-bond donors (Lipinski definition) is 0. The van der Waals surface area contributed by atoms with Crippen molar-refractivity contribution in [1.29, 1.82) is 0 Å². The molecule has 0 aliphatic heterocycles. The Hall–Kier alpha value is -0.190. The van der Waals surface area contributed by atoms with Gasteiger partial charge in [0.1, 0.15) is 0 Å². The fourth-order valence-corrected chi connectivity index (χ4v) is 0.439. The van der Waals surface area contributed by atoms with E-state index in [2.05, 4.69) is 32.6 Å². The van der Waals surface area contributed by atoms with Crippen LogP contribution < -0.4 is 0 Å². The molecular formula is C6H9IN2. The van der Waals surface area contributed by atoms with Crippen molar-refractivity contribution in [2.75, 3.05) is 0 Å². The number of nitrogens with zero attached hydrogens (tertiary/aromatic N) is 2. The maximum absolute atomic E-state index is 3.98. The average molecular weight is 236 g/mol. The van der Waals surface area contributed by atoms with Gasteiger partial charge in [0.25, 0.3) is 0 Å². The molecule has 0 unspecified atom stereocenters. The molecule has 0 saturated heterocycles. The first-order chi connectivity index (χ1) is 4.27. The maximum atomic E-state index is 3.98. The molecule has 0 aromatic rings. The Balaban J connectivity index is 3.60. The fraction of sp³-hybridized carbons (Fsp3) is 0.333. The normalized spacial score (nSPS) is 11.0. The zero-order valence-corrected chi connectivity index (χ0v) is 7.66. The Morgan fingerprint density at radius 3 is 2.44 bits per heavy atom. The van der Waals surface area contributed by atoms with E-state index in [4.69, 9.17) is 0 Å². The SMILES string of the molecule is CC(C)=N/C=C\N=C\I. The van der Waals surface area contributed by atoms with Gasteiger partial charge in [-0.1, -0.05) is 0 Å². The van der Waals surface area contributed by atoms with Crippen LogP contribution in [-0.2, 0) is 0 Å². The third kappa shape index (κ3) is 7.81. The van der Waals surface area contributed by atoms with Crippen LogP contribution in [0.2, 0.25) is 0 Å². The summed E-state index contributed by atoms with van der Waals surface area (Å²) in [5, 5.41) is 0. The van der Waals surface area contributed by atoms with E-state index in [0.29, 0.717) is 0 Å². The first-order valence-corrected chi connectivity index (χ1v) is 3.80. The zero-order valence-electron chi connectivity index (χ0n) is 5.50. The minimum absolute atomic E-state index is 1.04. The second-order valence-corrected chi connectivity index (χ2v) is 2.18. The van der Waals surface area contributed by atoms with Crippen LogP contribution in [0.15, 0.2) is 22.4 Å². The van der Waals surface area contributed by atoms with Gasteiger partial charge in [-0.15, -0.1) is 0 Å². The van der Waals surface area contributed by atoms with Crippen LogP contribution in [0.25, 0.3) is 0 Å². The number of rotatable bonds is 2. The highest BCUT2D eigenvalue weighted by atomic mass is 127. The summed E-state index contributed by atoms with van der Waals surface area (Å²) in [5.74, 6) is 0. The van der Waals surface area contributed by atoms with Crippen LogP contribution in [0.4, 0.5) is 0 Å². The largest absolute Gasteiger partial charge is 0.265 e. The van der Waals surface area contributed by atoms with Crippen molar-refractivity contribution < 1.29 is 0 Å². The van der Waals surface area contributed by atoms with Gasteiger partial charge >= 0.3 is 0 Å². The molecule has 0 atom stereocenters. The van der Waals surface area contributed by atoms with Gasteiger partial charge in [0.05, 0.1) is 4.22 Å². The molecule has 0 radical (unpaired) electrons. The van der Waals surface area contributed by atoms with Crippen LogP contribution in [0.5, 0.6) is 0 Å². The summed E-state index contributed by atoms with van der Waals surface area (Å²) in [6, 6.07) is 0. The summed E-state index contributed by atoms with van der Waals surface area (Å²) in [6.07, 6.45) is 3.32. The predicted molar refractivity (Wildman–Crippen MR) is 50.4 cm³/mol. The molecule has 9 heavy (non-hydrogen) atoms. The van der Waals surface area contributed by atoms with Gasteiger partial charge < -0.3 is 0 Å². The smallest absolute Gasteiger partial charge is 0.0651 e. The summed E-state index contributed by atoms with van der Waals surface area (Å²) in [4.78, 5) is 7.80. The number of halogens is 1. The fourth-order valence-electron chi connectivity index (χ4n) is 0.253. The van der Waals surface area contributed by atoms with Crippen molar-refractivity contribution in [3.05, 3.63) is 12.4 Å². The Bertz CT molecular complexity index is 143. The highest BCUT2D eigenvalue weighted by molar-refractivity contribution is 14.1. The average Bonchev–Trinajstić information content (AvgIpc) is 1.80. The molecule has 0 amide bonds. The van der Waals surface area contributed by atoms with Gasteiger partial charge in [0, 0.05) is 18.1 Å². The molecule has 0 aromatic carbocycles. The first-order valence-electron chi connectivity index (χ1n) is 2.55. The zero-order chi connectivity index (χ0) is 7.11. The molecule has 0 saturated carbocycles. The van der Waals surface area contributed by atoms with Crippen molar-refractivity contribution in [3.8, 4) is 0 Å². The number of aliphatic imine (C=N–C) groups is 2. The van der Waals surface area contributed by atoms with E-state index in [9.17, 15) is 0 Å². The molecule has 0 aliphatic carbocycles. The van der Waals surface area contributed by atoms with E-state index < -0.39 is 0 Å². The minimum atomic E-state index is 1.04. The summed E-state index contributed by atoms with van der Waals surface area (Å²) in [5.41, 5.74) is 1.04. The standard InChI is InChI=1S/C6H9IN2/c1-6(2)9-4-3-8-5-7/h3-5H,1-2H3/b4-3-,8-5+. The Morgan fingerprint density at radius 1 is 1.33 bits per heavy atom. The molecule has 0 spiro atoms. The second kappa shape index (κ2) is 5.94. The van der Waals surface area contributed by atoms with Gasteiger partial charge in [-0.3, -0.25) is 9.98 Å². The lowest BCUT2D eigenvalue weighted by Gasteiger charge is -1.79. The molecule has 0 fully saturated rings. The van der Waals surface area contributed by atoms with Crippen molar-refractivity contribution in [1.82, 2.24) is 0 Å². The maximum Gasteiger partial charge on any atom is 0.0651 e. The van der Waals surface area contributed by atoms with Gasteiger partial charge in [-0.25, -0.2) is 0 Å². The molecule has 0 heterocycles. The van der Waals surface area contributed by atoms with E-state index in [1.807, 2.05) is 13.8 Å². The molecule has 50 valence electrons. The molecule has 2 nitrogen and oxygen atoms in total. The van der Waals surface area contributed by atoms with Crippen molar-refractivity contribution >= 4 is 32.5 Å². The summed E-state index contributed by atoms with van der Waals surface area (Å²) >= 11 is 2.05. The Morgan fingerprint density at radius 2 is 2.00 bits per heavy atom. The molecular weight excluding hydrogens is 227 g/mol. The molecule has 0 bridgehead atoms. The summed E-state index contributed by atoms with van der Waals surface area (Å²) in [6.45, 7) is 3.89. The van der Waals surface area contributed by atoms with Gasteiger partial charge in [-0.2, -0.15) is 0 Å². The molecule has 3 heteroatoms. The third-order valence-electron chi connectivity index (χ3n) is 0.542. The van der Waals surface area contributed by atoms with Crippen LogP contribution in [0.1, 0.15) is 13.8 Å². The van der Waals surface area contributed by atoms with Crippen LogP contribution >= 0.6 is 22.6 Å². The van der Waals surface area contributed by atoms with E-state index in [1.54, 1.807) is 16.6 Å². The van der Waals surface area contributed by atoms with Crippen LogP contribution in [-0.4, -0.2) is 9.93 Å². The lowest BCUT2D eigenvalue weighted by Crippen LogP contribution is -1.74. The lowest BCUT2D eigenvalue weighted by atomic mass is 10.5. The number of hydrogen-bond acceptors (Lipinski definition) is 2.